The highest BCUT2D eigenvalue weighted by atomic mass is 16.3. The average Bonchev–Trinajstić information content (AvgIpc) is 2.74. The van der Waals surface area contributed by atoms with Crippen molar-refractivity contribution in [3.8, 4) is 5.75 Å². The molecular weight excluding hydrogens is 332 g/mol. The summed E-state index contributed by atoms with van der Waals surface area (Å²) in [7, 11) is 0. The predicted molar refractivity (Wildman–Crippen MR) is 110 cm³/mol. The predicted octanol–water partition coefficient (Wildman–Crippen LogP) is 4.86. The van der Waals surface area contributed by atoms with Gasteiger partial charge in [-0.05, 0) is 23.6 Å². The second kappa shape index (κ2) is 8.02. The van der Waals surface area contributed by atoms with Gasteiger partial charge in [0.1, 0.15) is 11.3 Å². The van der Waals surface area contributed by atoms with E-state index in [2.05, 4.69) is 46.7 Å². The molecule has 134 valence electrons. The molecule has 0 amide bonds. The Hall–Kier alpha value is -3.17. The van der Waals surface area contributed by atoms with E-state index in [1.165, 1.54) is 5.56 Å². The number of phenols is 1. The van der Waals surface area contributed by atoms with Gasteiger partial charge in [-0.15, -0.1) is 0 Å². The van der Waals surface area contributed by atoms with Crippen LogP contribution in [0, 0.1) is 0 Å². The van der Waals surface area contributed by atoms with Gasteiger partial charge in [-0.1, -0.05) is 78.9 Å². The molecule has 27 heavy (non-hydrogen) atoms. The summed E-state index contributed by atoms with van der Waals surface area (Å²) in [5, 5.41) is 15.5. The van der Waals surface area contributed by atoms with Crippen LogP contribution in [0.5, 0.6) is 5.75 Å². The number of hydrogen-bond acceptors (Lipinski definition) is 3. The maximum atomic E-state index is 10.9. The molecule has 0 radical (unpaired) electrons. The summed E-state index contributed by atoms with van der Waals surface area (Å²) < 4.78 is 0. The molecule has 1 aromatic heterocycles. The smallest absolute Gasteiger partial charge is 0.146 e. The van der Waals surface area contributed by atoms with Gasteiger partial charge in [0.15, 0.2) is 0 Å². The number of rotatable bonds is 6. The average molecular weight is 354 g/mol. The summed E-state index contributed by atoms with van der Waals surface area (Å²) in [6.45, 7) is 0.809. The van der Waals surface area contributed by atoms with E-state index in [1.54, 1.807) is 6.20 Å². The van der Waals surface area contributed by atoms with Gasteiger partial charge >= 0.3 is 0 Å². The molecule has 0 aliphatic rings. The van der Waals surface area contributed by atoms with Crippen molar-refractivity contribution in [3.05, 3.63) is 108 Å². The molecule has 0 saturated carbocycles. The first-order valence-corrected chi connectivity index (χ1v) is 9.22. The molecule has 0 saturated heterocycles. The summed E-state index contributed by atoms with van der Waals surface area (Å²) in [5.41, 5.74) is 3.90. The third kappa shape index (κ3) is 3.83. The normalized spacial score (nSPS) is 12.1. The third-order valence-corrected chi connectivity index (χ3v) is 4.83. The topological polar surface area (TPSA) is 45.1 Å². The van der Waals surface area contributed by atoms with Crippen LogP contribution in [0.3, 0.4) is 0 Å². The number of benzene rings is 3. The molecular formula is C24H22N2O. The minimum absolute atomic E-state index is 0.0960. The van der Waals surface area contributed by atoms with Crippen LogP contribution in [0.15, 0.2) is 91.1 Å². The molecule has 0 fully saturated rings. The minimum Gasteiger partial charge on any atom is -0.505 e. The Labute approximate surface area is 159 Å². The lowest BCUT2D eigenvalue weighted by molar-refractivity contribution is 0.462. The summed E-state index contributed by atoms with van der Waals surface area (Å²) in [6, 6.07) is 28.4. The van der Waals surface area contributed by atoms with Gasteiger partial charge in [0, 0.05) is 23.7 Å². The zero-order chi connectivity index (χ0) is 18.5. The van der Waals surface area contributed by atoms with Crippen molar-refractivity contribution in [2.45, 2.75) is 12.5 Å². The zero-order valence-corrected chi connectivity index (χ0v) is 15.0. The van der Waals surface area contributed by atoms with Crippen LogP contribution >= 0.6 is 0 Å². The van der Waals surface area contributed by atoms with Gasteiger partial charge in [-0.3, -0.25) is 4.98 Å². The molecule has 3 nitrogen and oxygen atoms in total. The Morgan fingerprint density at radius 3 is 2.33 bits per heavy atom. The van der Waals surface area contributed by atoms with Gasteiger partial charge < -0.3 is 10.4 Å². The molecule has 1 heterocycles. The van der Waals surface area contributed by atoms with Crippen molar-refractivity contribution in [2.75, 3.05) is 6.54 Å². The highest BCUT2D eigenvalue weighted by Crippen LogP contribution is 2.34. The molecule has 3 heteroatoms. The number of aromatic hydroxyl groups is 1. The van der Waals surface area contributed by atoms with E-state index in [4.69, 9.17) is 0 Å². The second-order valence-electron chi connectivity index (χ2n) is 6.61. The van der Waals surface area contributed by atoms with Crippen molar-refractivity contribution in [1.82, 2.24) is 10.3 Å². The molecule has 1 unspecified atom stereocenters. The van der Waals surface area contributed by atoms with Crippen molar-refractivity contribution in [3.63, 3.8) is 0 Å². The number of aromatic nitrogens is 1. The quantitative estimate of drug-likeness (QED) is 0.520. The molecule has 4 rings (SSSR count). The summed E-state index contributed by atoms with van der Waals surface area (Å²) >= 11 is 0. The van der Waals surface area contributed by atoms with Crippen molar-refractivity contribution in [2.24, 2.45) is 0 Å². The molecule has 1 atom stereocenters. The van der Waals surface area contributed by atoms with Crippen molar-refractivity contribution >= 4 is 10.9 Å². The second-order valence-corrected chi connectivity index (χ2v) is 6.61. The number of nitrogens with one attached hydrogen (secondary N) is 1. The van der Waals surface area contributed by atoms with Gasteiger partial charge in [0.25, 0.3) is 0 Å². The maximum Gasteiger partial charge on any atom is 0.146 e. The van der Waals surface area contributed by atoms with E-state index in [0.717, 1.165) is 29.5 Å². The van der Waals surface area contributed by atoms with Crippen molar-refractivity contribution < 1.29 is 5.11 Å². The van der Waals surface area contributed by atoms with E-state index >= 15 is 0 Å². The van der Waals surface area contributed by atoms with Crippen LogP contribution in [-0.4, -0.2) is 16.6 Å². The Morgan fingerprint density at radius 2 is 1.56 bits per heavy atom. The van der Waals surface area contributed by atoms with Gasteiger partial charge in [0.2, 0.25) is 0 Å². The Balaban J connectivity index is 1.65. The minimum atomic E-state index is -0.0960. The Kier molecular flexibility index (Phi) is 5.13. The van der Waals surface area contributed by atoms with Crippen molar-refractivity contribution in [1.29, 1.82) is 0 Å². The molecule has 0 aliphatic heterocycles. The van der Waals surface area contributed by atoms with Crippen LogP contribution in [0.4, 0.5) is 0 Å². The highest BCUT2D eigenvalue weighted by Gasteiger charge is 2.19. The van der Waals surface area contributed by atoms with E-state index in [9.17, 15) is 5.11 Å². The fourth-order valence-corrected chi connectivity index (χ4v) is 3.44. The lowest BCUT2D eigenvalue weighted by Crippen LogP contribution is -2.25. The molecule has 3 aromatic carbocycles. The van der Waals surface area contributed by atoms with E-state index in [-0.39, 0.29) is 11.8 Å². The lowest BCUT2D eigenvalue weighted by Gasteiger charge is -2.21. The van der Waals surface area contributed by atoms with Crippen LogP contribution in [0.1, 0.15) is 22.7 Å². The number of nitrogens with zero attached hydrogens (tertiary/aromatic N) is 1. The highest BCUT2D eigenvalue weighted by molar-refractivity contribution is 5.85. The monoisotopic (exact) mass is 354 g/mol. The number of pyridine rings is 1. The fourth-order valence-electron chi connectivity index (χ4n) is 3.44. The SMILES string of the molecule is Oc1c(C(NCCc2ccccc2)c2ccccc2)ccc2cccnc12. The van der Waals surface area contributed by atoms with Gasteiger partial charge in [-0.25, -0.2) is 0 Å². The maximum absolute atomic E-state index is 10.9. The number of hydrogen-bond donors (Lipinski definition) is 2. The largest absolute Gasteiger partial charge is 0.505 e. The van der Waals surface area contributed by atoms with Crippen LogP contribution in [0.2, 0.25) is 0 Å². The molecule has 0 aliphatic carbocycles. The Bertz CT molecular complexity index is 1020. The van der Waals surface area contributed by atoms with Gasteiger partial charge in [-0.2, -0.15) is 0 Å². The molecule has 2 N–H and O–H groups in total. The number of phenolic OH excluding ortho intramolecular Hbond substituents is 1. The van der Waals surface area contributed by atoms with Crippen LogP contribution in [0.25, 0.3) is 10.9 Å². The molecule has 0 bridgehead atoms. The first-order valence-electron chi connectivity index (χ1n) is 9.22. The number of fused-ring (bicyclic) bond motifs is 1. The Morgan fingerprint density at radius 1 is 0.815 bits per heavy atom. The fraction of sp³-hybridized carbons (Fsp3) is 0.125. The first kappa shape index (κ1) is 17.3. The summed E-state index contributed by atoms with van der Waals surface area (Å²) in [5.74, 6) is 0.245. The summed E-state index contributed by atoms with van der Waals surface area (Å²) in [4.78, 5) is 4.37. The summed E-state index contributed by atoms with van der Waals surface area (Å²) in [6.07, 6.45) is 2.64. The zero-order valence-electron chi connectivity index (χ0n) is 15.0. The van der Waals surface area contributed by atoms with E-state index in [1.807, 2.05) is 48.5 Å². The van der Waals surface area contributed by atoms with Crippen LogP contribution in [-0.2, 0) is 6.42 Å². The van der Waals surface area contributed by atoms with Crippen LogP contribution < -0.4 is 5.32 Å². The molecule has 4 aromatic rings. The lowest BCUT2D eigenvalue weighted by atomic mass is 9.96. The van der Waals surface area contributed by atoms with Gasteiger partial charge in [0.05, 0.1) is 6.04 Å². The first-order chi connectivity index (χ1) is 13.3. The molecule has 0 spiro atoms. The standard InChI is InChI=1S/C24H22N2O/c27-24-21(14-13-20-12-7-16-25-23(20)24)22(19-10-5-2-6-11-19)26-17-15-18-8-3-1-4-9-18/h1-14,16,22,26-27H,15,17H2. The van der Waals surface area contributed by atoms with E-state index < -0.39 is 0 Å². The third-order valence-electron chi connectivity index (χ3n) is 4.83. The van der Waals surface area contributed by atoms with E-state index in [0.29, 0.717) is 5.52 Å².